The van der Waals surface area contributed by atoms with Gasteiger partial charge in [0, 0.05) is 14.1 Å². The molecule has 0 radical (unpaired) electrons. The highest BCUT2D eigenvalue weighted by Gasteiger charge is 2.15. The van der Waals surface area contributed by atoms with Crippen LogP contribution < -0.4 is 10.6 Å². The van der Waals surface area contributed by atoms with Gasteiger partial charge in [0.15, 0.2) is 0 Å². The van der Waals surface area contributed by atoms with E-state index in [9.17, 15) is 14.4 Å². The van der Waals surface area contributed by atoms with Gasteiger partial charge < -0.3 is 20.1 Å². The summed E-state index contributed by atoms with van der Waals surface area (Å²) in [5, 5.41) is 4.91. The van der Waals surface area contributed by atoms with Crippen LogP contribution in [0.15, 0.2) is 0 Å². The molecule has 0 saturated carbocycles. The minimum atomic E-state index is -0.555. The molecule has 22 heavy (non-hydrogen) atoms. The SMILES string of the molecule is CNC(=O)CC(C)OCC(=O)OC(C)CC(=O)NC.O=C=O. The number of carbonyl (C=O) groups excluding carboxylic acids is 5. The molecule has 0 heterocycles. The molecular formula is C13H22N2O7. The molecule has 0 rings (SSSR count). The van der Waals surface area contributed by atoms with Gasteiger partial charge in [-0.05, 0) is 13.8 Å². The van der Waals surface area contributed by atoms with Crippen molar-refractivity contribution >= 4 is 23.9 Å². The molecule has 9 heteroatoms. The van der Waals surface area contributed by atoms with Crippen LogP contribution in [0.3, 0.4) is 0 Å². The van der Waals surface area contributed by atoms with Crippen LogP contribution in [-0.2, 0) is 33.4 Å². The first-order valence-corrected chi connectivity index (χ1v) is 6.52. The molecule has 0 bridgehead atoms. The quantitative estimate of drug-likeness (QED) is 0.550. The minimum absolute atomic E-state index is 0.107. The number of carbonyl (C=O) groups is 3. The summed E-state index contributed by atoms with van der Waals surface area (Å²) in [6.45, 7) is 3.08. The van der Waals surface area contributed by atoms with Crippen molar-refractivity contribution in [1.29, 1.82) is 0 Å². The summed E-state index contributed by atoms with van der Waals surface area (Å²) >= 11 is 0. The van der Waals surface area contributed by atoms with Crippen LogP contribution in [0.1, 0.15) is 26.7 Å². The summed E-state index contributed by atoms with van der Waals surface area (Å²) in [6, 6.07) is 0. The van der Waals surface area contributed by atoms with Crippen molar-refractivity contribution in [3.05, 3.63) is 0 Å². The molecule has 2 atom stereocenters. The van der Waals surface area contributed by atoms with Crippen molar-refractivity contribution in [2.24, 2.45) is 0 Å². The Hall–Kier alpha value is -2.25. The molecule has 9 nitrogen and oxygen atoms in total. The van der Waals surface area contributed by atoms with Crippen LogP contribution in [0.4, 0.5) is 0 Å². The number of hydrogen-bond donors (Lipinski definition) is 2. The lowest BCUT2D eigenvalue weighted by Crippen LogP contribution is -2.29. The number of esters is 1. The van der Waals surface area contributed by atoms with Crippen LogP contribution in [0, 0.1) is 0 Å². The third-order valence-electron chi connectivity index (χ3n) is 2.32. The lowest BCUT2D eigenvalue weighted by atomic mass is 10.2. The third-order valence-corrected chi connectivity index (χ3v) is 2.32. The van der Waals surface area contributed by atoms with E-state index in [0.29, 0.717) is 0 Å². The highest BCUT2D eigenvalue weighted by molar-refractivity contribution is 5.77. The van der Waals surface area contributed by atoms with Gasteiger partial charge in [-0.1, -0.05) is 0 Å². The fourth-order valence-corrected chi connectivity index (χ4v) is 1.30. The zero-order valence-corrected chi connectivity index (χ0v) is 13.1. The molecular weight excluding hydrogens is 296 g/mol. The van der Waals surface area contributed by atoms with Crippen molar-refractivity contribution in [3.63, 3.8) is 0 Å². The number of ether oxygens (including phenoxy) is 2. The van der Waals surface area contributed by atoms with Crippen molar-refractivity contribution in [3.8, 4) is 0 Å². The van der Waals surface area contributed by atoms with Crippen molar-refractivity contribution in [2.75, 3.05) is 20.7 Å². The lowest BCUT2D eigenvalue weighted by molar-refractivity contribution is -0.191. The molecule has 0 fully saturated rings. The molecule has 0 aromatic rings. The van der Waals surface area contributed by atoms with Crippen LogP contribution in [0.5, 0.6) is 0 Å². The first-order valence-electron chi connectivity index (χ1n) is 6.52. The zero-order valence-electron chi connectivity index (χ0n) is 13.1. The van der Waals surface area contributed by atoms with Gasteiger partial charge in [0.05, 0.1) is 18.9 Å². The predicted octanol–water partition coefficient (Wildman–Crippen LogP) is -0.988. The Morgan fingerprint density at radius 1 is 0.955 bits per heavy atom. The molecule has 2 unspecified atom stereocenters. The summed E-state index contributed by atoms with van der Waals surface area (Å²) in [6.07, 6.45) is -0.347. The Kier molecular flexibility index (Phi) is 13.7. The maximum absolute atomic E-state index is 11.4. The van der Waals surface area contributed by atoms with Gasteiger partial charge in [-0.2, -0.15) is 9.59 Å². The minimum Gasteiger partial charge on any atom is -0.460 e. The molecule has 0 aromatic heterocycles. The highest BCUT2D eigenvalue weighted by Crippen LogP contribution is 2.01. The second-order valence-electron chi connectivity index (χ2n) is 4.26. The number of amides is 2. The van der Waals surface area contributed by atoms with Crippen LogP contribution >= 0.6 is 0 Å². The molecule has 0 aliphatic heterocycles. The lowest BCUT2D eigenvalue weighted by Gasteiger charge is -2.14. The molecule has 126 valence electrons. The molecule has 0 aromatic carbocycles. The molecule has 0 spiro atoms. The summed E-state index contributed by atoms with van der Waals surface area (Å²) in [5.74, 6) is -0.914. The summed E-state index contributed by atoms with van der Waals surface area (Å²) < 4.78 is 10.2. The fraction of sp³-hybridized carbons (Fsp3) is 0.692. The number of rotatable bonds is 8. The van der Waals surface area contributed by atoms with E-state index in [2.05, 4.69) is 10.6 Å². The number of nitrogens with one attached hydrogen (secondary N) is 2. The van der Waals surface area contributed by atoms with Crippen LogP contribution in [0.2, 0.25) is 0 Å². The first kappa shape index (κ1) is 22.0. The third kappa shape index (κ3) is 14.2. The van der Waals surface area contributed by atoms with E-state index in [1.54, 1.807) is 13.8 Å². The summed E-state index contributed by atoms with van der Waals surface area (Å²) in [4.78, 5) is 49.7. The van der Waals surface area contributed by atoms with E-state index in [0.717, 1.165) is 0 Å². The van der Waals surface area contributed by atoms with Gasteiger partial charge >= 0.3 is 12.1 Å². The van der Waals surface area contributed by atoms with E-state index in [1.165, 1.54) is 14.1 Å². The second-order valence-corrected chi connectivity index (χ2v) is 4.26. The fourth-order valence-electron chi connectivity index (χ4n) is 1.30. The van der Waals surface area contributed by atoms with Gasteiger partial charge in [-0.3, -0.25) is 9.59 Å². The highest BCUT2D eigenvalue weighted by atomic mass is 16.6. The van der Waals surface area contributed by atoms with Crippen molar-refractivity contribution in [1.82, 2.24) is 10.6 Å². The monoisotopic (exact) mass is 318 g/mol. The average Bonchev–Trinajstić information content (AvgIpc) is 2.45. The topological polar surface area (TPSA) is 128 Å². The van der Waals surface area contributed by atoms with Gasteiger partial charge in [0.25, 0.3) is 0 Å². The van der Waals surface area contributed by atoms with Gasteiger partial charge in [-0.25, -0.2) is 4.79 Å². The molecule has 2 amide bonds. The van der Waals surface area contributed by atoms with E-state index in [4.69, 9.17) is 19.1 Å². The molecule has 2 N–H and O–H groups in total. The molecule has 0 saturated heterocycles. The Morgan fingerprint density at radius 3 is 1.77 bits per heavy atom. The Bertz CT molecular complexity index is 392. The Labute approximate surface area is 128 Å². The van der Waals surface area contributed by atoms with Gasteiger partial charge in [-0.15, -0.1) is 0 Å². The first-order chi connectivity index (χ1) is 10.3. The zero-order chi connectivity index (χ0) is 17.5. The Morgan fingerprint density at radius 2 is 1.36 bits per heavy atom. The summed E-state index contributed by atoms with van der Waals surface area (Å²) in [5.41, 5.74) is 0. The maximum atomic E-state index is 11.4. The standard InChI is InChI=1S/C12H22N2O5.CO2/c1-8(5-10(15)13-3)18-7-12(17)19-9(2)6-11(16)14-4;2-1-3/h8-9H,5-7H2,1-4H3,(H,13,15)(H,14,16);. The van der Waals surface area contributed by atoms with E-state index < -0.39 is 12.1 Å². The summed E-state index contributed by atoms with van der Waals surface area (Å²) in [7, 11) is 3.05. The van der Waals surface area contributed by atoms with Crippen LogP contribution in [0.25, 0.3) is 0 Å². The maximum Gasteiger partial charge on any atom is 0.373 e. The van der Waals surface area contributed by atoms with E-state index in [-0.39, 0.29) is 43.5 Å². The second kappa shape index (κ2) is 13.7. The van der Waals surface area contributed by atoms with Gasteiger partial charge in [0.1, 0.15) is 12.7 Å². The van der Waals surface area contributed by atoms with Gasteiger partial charge in [0.2, 0.25) is 11.8 Å². The number of hydrogen-bond acceptors (Lipinski definition) is 7. The largest absolute Gasteiger partial charge is 0.460 e. The van der Waals surface area contributed by atoms with Crippen LogP contribution in [-0.4, -0.2) is 56.8 Å². The predicted molar refractivity (Wildman–Crippen MR) is 73.3 cm³/mol. The normalized spacial score (nSPS) is 11.8. The Balaban J connectivity index is 0. The van der Waals surface area contributed by atoms with E-state index in [1.807, 2.05) is 0 Å². The molecule has 0 aliphatic carbocycles. The average molecular weight is 318 g/mol. The molecule has 0 aliphatic rings. The van der Waals surface area contributed by atoms with Crippen molar-refractivity contribution < 1.29 is 33.4 Å². The van der Waals surface area contributed by atoms with Crippen molar-refractivity contribution in [2.45, 2.75) is 38.9 Å². The van der Waals surface area contributed by atoms with E-state index >= 15 is 0 Å². The smallest absolute Gasteiger partial charge is 0.373 e.